The Morgan fingerprint density at radius 1 is 1.12 bits per heavy atom. The maximum absolute atomic E-state index is 13.5. The number of nitrogens with one attached hydrogen (secondary N) is 1. The summed E-state index contributed by atoms with van der Waals surface area (Å²) in [7, 11) is 1.53. The van der Waals surface area contributed by atoms with Crippen LogP contribution in [-0.4, -0.2) is 50.8 Å². The summed E-state index contributed by atoms with van der Waals surface area (Å²) in [6.07, 6.45) is 4.31. The minimum absolute atomic E-state index is 0.294. The highest BCUT2D eigenvalue weighted by Crippen LogP contribution is 2.30. The van der Waals surface area contributed by atoms with Crippen LogP contribution in [0.2, 0.25) is 0 Å². The van der Waals surface area contributed by atoms with Gasteiger partial charge < -0.3 is 14.8 Å². The van der Waals surface area contributed by atoms with Crippen molar-refractivity contribution >= 4 is 0 Å². The fourth-order valence-corrected chi connectivity index (χ4v) is 4.64. The first kappa shape index (κ1) is 25.0. The molecule has 1 N–H and O–H groups in total. The highest BCUT2D eigenvalue weighted by atomic mass is 19.1. The molecule has 1 saturated heterocycles. The monoisotopic (exact) mass is 453 g/mol. The third-order valence-corrected chi connectivity index (χ3v) is 6.65. The lowest BCUT2D eigenvalue weighted by atomic mass is 9.88. The second kappa shape index (κ2) is 12.6. The van der Waals surface area contributed by atoms with Gasteiger partial charge in [0.25, 0.3) is 0 Å². The third kappa shape index (κ3) is 6.93. The van der Waals surface area contributed by atoms with E-state index >= 15 is 0 Å². The van der Waals surface area contributed by atoms with Crippen molar-refractivity contribution in [3.8, 4) is 17.6 Å². The van der Waals surface area contributed by atoms with Crippen molar-refractivity contribution in [3.05, 3.63) is 58.9 Å². The third-order valence-electron chi connectivity index (χ3n) is 6.65. The van der Waals surface area contributed by atoms with E-state index in [1.807, 2.05) is 13.0 Å². The molecule has 0 aliphatic carbocycles. The molecule has 178 valence electrons. The smallest absolute Gasteiger partial charge is 0.163 e. The lowest BCUT2D eigenvalue weighted by molar-refractivity contribution is 0.110. The van der Waals surface area contributed by atoms with Gasteiger partial charge in [-0.05, 0) is 61.4 Å². The normalized spacial score (nSPS) is 16.1. The van der Waals surface area contributed by atoms with E-state index in [9.17, 15) is 9.65 Å². The van der Waals surface area contributed by atoms with Crippen LogP contribution < -0.4 is 14.8 Å². The van der Waals surface area contributed by atoms with Crippen molar-refractivity contribution in [2.24, 2.45) is 0 Å². The van der Waals surface area contributed by atoms with Crippen molar-refractivity contribution in [3.63, 3.8) is 0 Å². The average molecular weight is 454 g/mol. The molecule has 0 saturated carbocycles. The number of methoxy groups -OCH3 is 1. The van der Waals surface area contributed by atoms with Gasteiger partial charge in [0.15, 0.2) is 11.5 Å². The second-order valence-corrected chi connectivity index (χ2v) is 8.77. The van der Waals surface area contributed by atoms with Crippen molar-refractivity contribution in [1.29, 1.82) is 5.26 Å². The molecule has 33 heavy (non-hydrogen) atoms. The second-order valence-electron chi connectivity index (χ2n) is 8.77. The first-order valence-electron chi connectivity index (χ1n) is 12.0. The van der Waals surface area contributed by atoms with E-state index in [2.05, 4.69) is 35.3 Å². The van der Waals surface area contributed by atoms with Gasteiger partial charge in [-0.3, -0.25) is 4.90 Å². The number of piperazine rings is 1. The maximum atomic E-state index is 13.5. The van der Waals surface area contributed by atoms with Crippen LogP contribution in [0.15, 0.2) is 36.4 Å². The van der Waals surface area contributed by atoms with Gasteiger partial charge in [-0.25, -0.2) is 4.39 Å². The Labute approximate surface area is 197 Å². The van der Waals surface area contributed by atoms with Crippen molar-refractivity contribution < 1.29 is 13.9 Å². The summed E-state index contributed by atoms with van der Waals surface area (Å²) >= 11 is 0. The van der Waals surface area contributed by atoms with E-state index in [-0.39, 0.29) is 5.82 Å². The van der Waals surface area contributed by atoms with Crippen LogP contribution in [0.4, 0.5) is 4.39 Å². The Hall–Kier alpha value is -2.62. The van der Waals surface area contributed by atoms with Gasteiger partial charge in [0, 0.05) is 38.3 Å². The molecule has 1 fully saturated rings. The maximum Gasteiger partial charge on any atom is 0.163 e. The molecule has 0 spiro atoms. The molecule has 2 atom stereocenters. The fraction of sp³-hybridized carbons (Fsp3) is 0.519. The van der Waals surface area contributed by atoms with E-state index in [0.717, 1.165) is 63.0 Å². The first-order chi connectivity index (χ1) is 16.0. The van der Waals surface area contributed by atoms with Crippen LogP contribution in [0.5, 0.6) is 11.5 Å². The summed E-state index contributed by atoms with van der Waals surface area (Å²) in [5, 5.41) is 12.6. The van der Waals surface area contributed by atoms with E-state index < -0.39 is 0 Å². The molecule has 1 aliphatic rings. The van der Waals surface area contributed by atoms with E-state index in [1.54, 1.807) is 6.07 Å². The summed E-state index contributed by atoms with van der Waals surface area (Å²) in [6.45, 7) is 8.76. The van der Waals surface area contributed by atoms with E-state index in [0.29, 0.717) is 30.1 Å². The predicted molar refractivity (Wildman–Crippen MR) is 129 cm³/mol. The zero-order valence-electron chi connectivity index (χ0n) is 20.1. The number of hydrogen-bond donors (Lipinski definition) is 1. The average Bonchev–Trinajstić information content (AvgIpc) is 2.84. The standard InChI is InChI=1S/C27H36FN3O2/c1-4-21(22-8-9-23(18-29)20(2)16-22)6-5-7-25(31-14-12-30-13-15-31)19-33-26-11-10-24(28)17-27(26)32-3/h8-11,16-17,21,25,30H,4-7,12-15,19H2,1-3H3. The van der Waals surface area contributed by atoms with Gasteiger partial charge in [-0.2, -0.15) is 5.26 Å². The molecular weight excluding hydrogens is 417 g/mol. The minimum atomic E-state index is -0.332. The molecule has 6 heteroatoms. The molecular formula is C27H36FN3O2. The van der Waals surface area contributed by atoms with Gasteiger partial charge in [0.05, 0.1) is 18.7 Å². The molecule has 0 bridgehead atoms. The van der Waals surface area contributed by atoms with Gasteiger partial charge in [0.1, 0.15) is 12.4 Å². The Kier molecular flexibility index (Phi) is 9.53. The molecule has 2 aromatic carbocycles. The number of aryl methyl sites for hydroxylation is 1. The summed E-state index contributed by atoms with van der Waals surface area (Å²) in [5.41, 5.74) is 3.12. The zero-order valence-corrected chi connectivity index (χ0v) is 20.1. The SMILES string of the molecule is CCC(CCCC(COc1ccc(F)cc1OC)N1CCNCC1)c1ccc(C#N)c(C)c1. The molecule has 5 nitrogen and oxygen atoms in total. The molecule has 1 heterocycles. The molecule has 3 rings (SSSR count). The highest BCUT2D eigenvalue weighted by Gasteiger charge is 2.22. The Balaban J connectivity index is 1.62. The van der Waals surface area contributed by atoms with Crippen molar-refractivity contribution in [2.75, 3.05) is 39.9 Å². The fourth-order valence-electron chi connectivity index (χ4n) is 4.64. The predicted octanol–water partition coefficient (Wildman–Crippen LogP) is 5.03. The topological polar surface area (TPSA) is 57.5 Å². The Morgan fingerprint density at radius 2 is 1.91 bits per heavy atom. The molecule has 0 aromatic heterocycles. The van der Waals surface area contributed by atoms with Crippen LogP contribution in [0.25, 0.3) is 0 Å². The van der Waals surface area contributed by atoms with Gasteiger partial charge in [-0.15, -0.1) is 0 Å². The van der Waals surface area contributed by atoms with Crippen LogP contribution in [0, 0.1) is 24.1 Å². The summed E-state index contributed by atoms with van der Waals surface area (Å²) in [4.78, 5) is 2.50. The van der Waals surface area contributed by atoms with Gasteiger partial charge >= 0.3 is 0 Å². The number of hydrogen-bond acceptors (Lipinski definition) is 5. The van der Waals surface area contributed by atoms with Gasteiger partial charge in [-0.1, -0.05) is 25.5 Å². The van der Waals surface area contributed by atoms with Crippen LogP contribution in [0.1, 0.15) is 55.2 Å². The number of nitrogens with zero attached hydrogens (tertiary/aromatic N) is 2. The quantitative estimate of drug-likeness (QED) is 0.517. The molecule has 1 aliphatic heterocycles. The Morgan fingerprint density at radius 3 is 2.58 bits per heavy atom. The molecule has 2 unspecified atom stereocenters. The molecule has 0 radical (unpaired) electrons. The Bertz CT molecular complexity index is 937. The van der Waals surface area contributed by atoms with Crippen LogP contribution >= 0.6 is 0 Å². The number of ether oxygens (including phenoxy) is 2. The lowest BCUT2D eigenvalue weighted by Gasteiger charge is -2.35. The number of benzene rings is 2. The minimum Gasteiger partial charge on any atom is -0.493 e. The van der Waals surface area contributed by atoms with Crippen molar-refractivity contribution in [2.45, 2.75) is 51.5 Å². The van der Waals surface area contributed by atoms with Gasteiger partial charge in [0.2, 0.25) is 0 Å². The summed E-state index contributed by atoms with van der Waals surface area (Å²) in [6, 6.07) is 13.2. The van der Waals surface area contributed by atoms with E-state index in [1.165, 1.54) is 24.8 Å². The van der Waals surface area contributed by atoms with E-state index in [4.69, 9.17) is 9.47 Å². The molecule has 2 aromatic rings. The molecule has 0 amide bonds. The van der Waals surface area contributed by atoms with Crippen LogP contribution in [0.3, 0.4) is 0 Å². The lowest BCUT2D eigenvalue weighted by Crippen LogP contribution is -2.50. The van der Waals surface area contributed by atoms with Crippen LogP contribution in [-0.2, 0) is 0 Å². The number of halogens is 1. The number of rotatable bonds is 11. The highest BCUT2D eigenvalue weighted by molar-refractivity contribution is 5.41. The largest absolute Gasteiger partial charge is 0.493 e. The van der Waals surface area contributed by atoms with Crippen molar-refractivity contribution in [1.82, 2.24) is 10.2 Å². The number of nitriles is 1. The zero-order chi connectivity index (χ0) is 23.6. The summed E-state index contributed by atoms with van der Waals surface area (Å²) in [5.74, 6) is 1.16. The summed E-state index contributed by atoms with van der Waals surface area (Å²) < 4.78 is 25.0. The first-order valence-corrected chi connectivity index (χ1v) is 12.0.